The molecule has 0 aliphatic heterocycles. The van der Waals surface area contributed by atoms with Crippen LogP contribution in [0.4, 0.5) is 5.69 Å². The number of unbranched alkanes of at least 4 members (excludes halogenated alkanes) is 1. The molecule has 2 aromatic carbocycles. The van der Waals surface area contributed by atoms with Crippen molar-refractivity contribution in [3.05, 3.63) is 64.7 Å². The molecule has 0 saturated carbocycles. The number of nitrogens with one attached hydrogen (secondary N) is 1. The fourth-order valence-corrected chi connectivity index (χ4v) is 2.20. The van der Waals surface area contributed by atoms with Crippen molar-refractivity contribution in [1.29, 1.82) is 0 Å². The number of nitrogens with two attached hydrogens (primary N) is 2. The molecule has 10 nitrogen and oxygen atoms in total. The first-order valence-electron chi connectivity index (χ1n) is 9.60. The number of aromatic carboxylic acids is 1. The lowest BCUT2D eigenvalue weighted by Gasteiger charge is -2.03. The number of carboxylic acid groups (broad SMARTS) is 2. The maximum atomic E-state index is 10.6. The van der Waals surface area contributed by atoms with E-state index >= 15 is 0 Å². The minimum atomic E-state index is -0.934. The highest BCUT2D eigenvalue weighted by molar-refractivity contribution is 6.30. The second kappa shape index (κ2) is 18.3. The molecule has 0 unspecified atom stereocenters. The molecule has 0 saturated heterocycles. The molecule has 0 aromatic heterocycles. The number of hydrogen-bond donors (Lipinski definition) is 6. The van der Waals surface area contributed by atoms with Gasteiger partial charge in [0.05, 0.1) is 5.56 Å². The average molecular weight is 483 g/mol. The molecule has 33 heavy (non-hydrogen) atoms. The van der Waals surface area contributed by atoms with Gasteiger partial charge in [0.15, 0.2) is 0 Å². The summed E-state index contributed by atoms with van der Waals surface area (Å²) in [5.41, 5.74) is 12.0. The summed E-state index contributed by atoms with van der Waals surface area (Å²) in [6.07, 6.45) is 2.93. The van der Waals surface area contributed by atoms with Crippen molar-refractivity contribution >= 4 is 41.4 Å². The first kappa shape index (κ1) is 31.9. The SMILES string of the molecule is CC(=O)Nc1ccc(C=O)cc1.N.NCCCC[C@H](N)C(=O)O.O=C(O)c1ccc(Cl)cc1. The van der Waals surface area contributed by atoms with Crippen LogP contribution in [0.2, 0.25) is 5.02 Å². The van der Waals surface area contributed by atoms with Gasteiger partial charge >= 0.3 is 11.9 Å². The van der Waals surface area contributed by atoms with Crippen LogP contribution < -0.4 is 22.9 Å². The number of amides is 1. The van der Waals surface area contributed by atoms with Gasteiger partial charge in [-0.2, -0.15) is 0 Å². The van der Waals surface area contributed by atoms with Gasteiger partial charge in [-0.1, -0.05) is 18.0 Å². The van der Waals surface area contributed by atoms with Crippen molar-refractivity contribution in [2.24, 2.45) is 11.5 Å². The van der Waals surface area contributed by atoms with Crippen molar-refractivity contribution in [2.45, 2.75) is 32.2 Å². The second-order valence-electron chi connectivity index (χ2n) is 6.46. The summed E-state index contributed by atoms with van der Waals surface area (Å²) in [7, 11) is 0. The summed E-state index contributed by atoms with van der Waals surface area (Å²) >= 11 is 5.52. The molecule has 2 rings (SSSR count). The normalized spacial score (nSPS) is 10.1. The number of carbonyl (C=O) groups is 4. The predicted molar refractivity (Wildman–Crippen MR) is 128 cm³/mol. The summed E-state index contributed by atoms with van der Waals surface area (Å²) in [6.45, 7) is 2.04. The Morgan fingerprint density at radius 1 is 1.03 bits per heavy atom. The fraction of sp³-hybridized carbons (Fsp3) is 0.273. The number of rotatable bonds is 8. The van der Waals surface area contributed by atoms with E-state index in [4.69, 9.17) is 33.3 Å². The lowest BCUT2D eigenvalue weighted by molar-refractivity contribution is -0.138. The molecule has 2 aromatic rings. The van der Waals surface area contributed by atoms with Gasteiger partial charge in [-0.25, -0.2) is 4.79 Å². The number of benzene rings is 2. The van der Waals surface area contributed by atoms with E-state index in [2.05, 4.69) is 5.32 Å². The first-order valence-corrected chi connectivity index (χ1v) is 9.98. The Labute approximate surface area is 197 Å². The quantitative estimate of drug-likeness (QED) is 0.240. The van der Waals surface area contributed by atoms with Crippen molar-refractivity contribution < 1.29 is 29.4 Å². The molecule has 0 aliphatic carbocycles. The minimum Gasteiger partial charge on any atom is -0.480 e. The molecule has 0 heterocycles. The third-order valence-electron chi connectivity index (χ3n) is 3.74. The number of anilines is 1. The zero-order valence-electron chi connectivity index (χ0n) is 18.4. The zero-order valence-corrected chi connectivity index (χ0v) is 19.1. The van der Waals surface area contributed by atoms with E-state index in [1.54, 1.807) is 36.4 Å². The van der Waals surface area contributed by atoms with Crippen LogP contribution in [-0.2, 0) is 9.59 Å². The van der Waals surface area contributed by atoms with E-state index in [-0.39, 0.29) is 17.6 Å². The van der Waals surface area contributed by atoms with E-state index in [1.807, 2.05) is 0 Å². The maximum Gasteiger partial charge on any atom is 0.335 e. The number of aliphatic carboxylic acids is 1. The summed E-state index contributed by atoms with van der Waals surface area (Å²) in [5.74, 6) is -1.98. The highest BCUT2D eigenvalue weighted by Crippen LogP contribution is 2.09. The number of carbonyl (C=O) groups excluding carboxylic acids is 2. The standard InChI is InChI=1S/C9H9NO2.C7H5ClO2.C6H14N2O2.H3N/c1-7(12)10-9-4-2-8(6-11)3-5-9;8-6-3-1-5(2-4-6)7(9)10;7-4-2-1-3-5(8)6(9)10;/h2-6H,1H3,(H,10,12);1-4H,(H,9,10);5H,1-4,7-8H2,(H,9,10);1H3/t;;5-;/m..0./s1. The van der Waals surface area contributed by atoms with Crippen LogP contribution >= 0.6 is 11.6 Å². The van der Waals surface area contributed by atoms with Gasteiger partial charge in [-0.05, 0) is 67.9 Å². The van der Waals surface area contributed by atoms with Crippen molar-refractivity contribution in [3.8, 4) is 0 Å². The number of halogens is 1. The van der Waals surface area contributed by atoms with Crippen molar-refractivity contribution in [3.63, 3.8) is 0 Å². The number of aldehydes is 1. The molecule has 10 N–H and O–H groups in total. The molecule has 1 amide bonds. The largest absolute Gasteiger partial charge is 0.480 e. The van der Waals surface area contributed by atoms with Gasteiger partial charge in [-0.3, -0.25) is 14.4 Å². The summed E-state index contributed by atoms with van der Waals surface area (Å²) in [4.78, 5) is 41.2. The van der Waals surface area contributed by atoms with Gasteiger partial charge < -0.3 is 33.1 Å². The molecule has 0 fully saturated rings. The van der Waals surface area contributed by atoms with Crippen molar-refractivity contribution in [2.75, 3.05) is 11.9 Å². The van der Waals surface area contributed by atoms with Gasteiger partial charge in [0.25, 0.3) is 0 Å². The average Bonchev–Trinajstić information content (AvgIpc) is 2.75. The van der Waals surface area contributed by atoms with Crippen LogP contribution in [0, 0.1) is 0 Å². The van der Waals surface area contributed by atoms with Gasteiger partial charge in [0.2, 0.25) is 5.91 Å². The Balaban J connectivity index is 0. The van der Waals surface area contributed by atoms with E-state index in [0.717, 1.165) is 19.1 Å². The summed E-state index contributed by atoms with van der Waals surface area (Å²) in [5, 5.41) is 19.9. The predicted octanol–water partition coefficient (Wildman–Crippen LogP) is 3.19. The van der Waals surface area contributed by atoms with Gasteiger partial charge in [0.1, 0.15) is 12.3 Å². The maximum absolute atomic E-state index is 10.6. The summed E-state index contributed by atoms with van der Waals surface area (Å²) < 4.78 is 0. The Hall–Kier alpha value is -3.31. The zero-order chi connectivity index (χ0) is 24.5. The number of hydrogen-bond acceptors (Lipinski definition) is 7. The Bertz CT molecular complexity index is 860. The van der Waals surface area contributed by atoms with E-state index in [0.29, 0.717) is 29.2 Å². The first-order chi connectivity index (χ1) is 15.1. The lowest BCUT2D eigenvalue weighted by Crippen LogP contribution is -2.29. The molecular weight excluding hydrogens is 452 g/mol. The lowest BCUT2D eigenvalue weighted by atomic mass is 10.1. The molecule has 182 valence electrons. The Morgan fingerprint density at radius 2 is 1.58 bits per heavy atom. The van der Waals surface area contributed by atoms with Crippen LogP contribution in [-0.4, -0.2) is 46.9 Å². The third-order valence-corrected chi connectivity index (χ3v) is 4.00. The molecule has 1 atom stereocenters. The summed E-state index contributed by atoms with van der Waals surface area (Å²) in [6, 6.07) is 12.0. The van der Waals surface area contributed by atoms with Crippen LogP contribution in [0.3, 0.4) is 0 Å². The smallest absolute Gasteiger partial charge is 0.335 e. The van der Waals surface area contributed by atoms with Gasteiger partial charge in [-0.15, -0.1) is 0 Å². The van der Waals surface area contributed by atoms with E-state index < -0.39 is 18.0 Å². The second-order valence-corrected chi connectivity index (χ2v) is 6.90. The minimum absolute atomic E-state index is 0. The highest BCUT2D eigenvalue weighted by Gasteiger charge is 2.09. The van der Waals surface area contributed by atoms with Crippen LogP contribution in [0.5, 0.6) is 0 Å². The van der Waals surface area contributed by atoms with Crippen LogP contribution in [0.1, 0.15) is 46.9 Å². The number of carboxylic acids is 2. The highest BCUT2D eigenvalue weighted by atomic mass is 35.5. The monoisotopic (exact) mass is 482 g/mol. The topological polar surface area (TPSA) is 208 Å². The Morgan fingerprint density at radius 3 is 1.97 bits per heavy atom. The molecule has 11 heteroatoms. The molecule has 0 aliphatic rings. The van der Waals surface area contributed by atoms with Crippen molar-refractivity contribution in [1.82, 2.24) is 6.15 Å². The Kier molecular flexibility index (Phi) is 17.7. The molecular formula is C22H31ClN4O6. The van der Waals surface area contributed by atoms with Gasteiger partial charge in [0, 0.05) is 23.2 Å². The fourth-order valence-electron chi connectivity index (χ4n) is 2.07. The van der Waals surface area contributed by atoms with E-state index in [9.17, 15) is 19.2 Å². The molecule has 0 bridgehead atoms. The van der Waals surface area contributed by atoms with Crippen LogP contribution in [0.25, 0.3) is 0 Å². The third kappa shape index (κ3) is 16.0. The van der Waals surface area contributed by atoms with E-state index in [1.165, 1.54) is 19.1 Å². The molecule has 0 radical (unpaired) electrons. The van der Waals surface area contributed by atoms with Crippen LogP contribution in [0.15, 0.2) is 48.5 Å². The molecule has 0 spiro atoms.